The van der Waals surface area contributed by atoms with Crippen LogP contribution in [0.2, 0.25) is 0 Å². The molecule has 0 unspecified atom stereocenters. The van der Waals surface area contributed by atoms with Crippen LogP contribution in [0.5, 0.6) is 0 Å². The number of rotatable bonds is 4. The summed E-state index contributed by atoms with van der Waals surface area (Å²) in [7, 11) is 0. The molecule has 0 atom stereocenters. The third-order valence-electron chi connectivity index (χ3n) is 3.42. The first-order valence-electron chi connectivity index (χ1n) is 5.61. The van der Waals surface area contributed by atoms with Crippen LogP contribution < -0.4 is 0 Å². The second-order valence-electron chi connectivity index (χ2n) is 4.86. The van der Waals surface area contributed by atoms with Gasteiger partial charge >= 0.3 is 113 Å². The van der Waals surface area contributed by atoms with Gasteiger partial charge in [0.05, 0.1) is 0 Å². The third-order valence-corrected chi connectivity index (χ3v) is 4.02. The van der Waals surface area contributed by atoms with Crippen LogP contribution in [0.3, 0.4) is 0 Å². The quantitative estimate of drug-likeness (QED) is 0.682. The van der Waals surface area contributed by atoms with E-state index in [1.165, 1.54) is 0 Å². The molecule has 2 aliphatic rings. The van der Waals surface area contributed by atoms with Crippen molar-refractivity contribution >= 4 is 0 Å². The molecule has 0 fully saturated rings. The summed E-state index contributed by atoms with van der Waals surface area (Å²) in [5, 5.41) is 0. The van der Waals surface area contributed by atoms with E-state index in [9.17, 15) is 0 Å². The van der Waals surface area contributed by atoms with Gasteiger partial charge in [0.25, 0.3) is 0 Å². The van der Waals surface area contributed by atoms with Gasteiger partial charge < -0.3 is 0 Å². The normalized spacial score (nSPS) is 23.8. The molecule has 0 N–H and O–H groups in total. The first-order valence-corrected chi connectivity index (χ1v) is 8.15. The maximum absolute atomic E-state index is 6.07. The SMILES string of the molecule is CC1(C(O[CH2][Hf+3])C2(C)C=CC=C2)C=CC=C1. The van der Waals surface area contributed by atoms with Crippen molar-refractivity contribution in [2.75, 3.05) is 4.36 Å². The van der Waals surface area contributed by atoms with E-state index >= 15 is 0 Å². The molecule has 0 aromatic carbocycles. The van der Waals surface area contributed by atoms with Crippen molar-refractivity contribution in [3.05, 3.63) is 48.6 Å². The van der Waals surface area contributed by atoms with E-state index in [0.717, 1.165) is 28.7 Å². The van der Waals surface area contributed by atoms with E-state index < -0.39 is 0 Å². The Morgan fingerprint density at radius 2 is 1.31 bits per heavy atom. The van der Waals surface area contributed by atoms with E-state index in [-0.39, 0.29) is 16.9 Å². The molecule has 1 nitrogen and oxygen atoms in total. The second kappa shape index (κ2) is 4.58. The van der Waals surface area contributed by atoms with Crippen molar-refractivity contribution < 1.29 is 29.1 Å². The molecule has 0 aromatic rings. The molecule has 2 heteroatoms. The number of hydrogen-bond acceptors (Lipinski definition) is 1. The van der Waals surface area contributed by atoms with E-state index in [0.29, 0.717) is 0 Å². The molecule has 0 aromatic heterocycles. The molecule has 0 saturated heterocycles. The molecule has 0 heterocycles. The summed E-state index contributed by atoms with van der Waals surface area (Å²) >= 11 is 1.09. The van der Waals surface area contributed by atoms with Gasteiger partial charge in [-0.25, -0.2) is 0 Å². The van der Waals surface area contributed by atoms with Crippen molar-refractivity contribution in [3.63, 3.8) is 0 Å². The fourth-order valence-electron chi connectivity index (χ4n) is 2.62. The Kier molecular flexibility index (Phi) is 3.50. The van der Waals surface area contributed by atoms with Gasteiger partial charge in [-0.15, -0.1) is 0 Å². The van der Waals surface area contributed by atoms with Crippen LogP contribution in [0.25, 0.3) is 0 Å². The van der Waals surface area contributed by atoms with E-state index in [4.69, 9.17) is 4.74 Å². The van der Waals surface area contributed by atoms with Gasteiger partial charge in [-0.05, 0) is 0 Å². The van der Waals surface area contributed by atoms with E-state index in [1.54, 1.807) is 0 Å². The van der Waals surface area contributed by atoms with Crippen molar-refractivity contribution in [3.8, 4) is 0 Å². The first-order chi connectivity index (χ1) is 7.61. The van der Waals surface area contributed by atoms with Crippen LogP contribution in [0.1, 0.15) is 13.8 Å². The van der Waals surface area contributed by atoms with Gasteiger partial charge in [-0.2, -0.15) is 0 Å². The van der Waals surface area contributed by atoms with Gasteiger partial charge in [0.2, 0.25) is 0 Å². The van der Waals surface area contributed by atoms with E-state index in [1.807, 2.05) is 0 Å². The van der Waals surface area contributed by atoms with Crippen molar-refractivity contribution in [1.29, 1.82) is 0 Å². The number of allylic oxidation sites excluding steroid dienone is 4. The minimum absolute atomic E-state index is 0.0260. The topological polar surface area (TPSA) is 9.23 Å². The van der Waals surface area contributed by atoms with Crippen LogP contribution in [-0.2, 0) is 29.1 Å². The minimum atomic E-state index is 0.0260. The Bertz CT molecular complexity index is 318. The van der Waals surface area contributed by atoms with Gasteiger partial charge in [0, 0.05) is 0 Å². The fourth-order valence-corrected chi connectivity index (χ4v) is 3.22. The zero-order chi connectivity index (χ0) is 11.6. The molecule has 0 amide bonds. The van der Waals surface area contributed by atoms with Crippen molar-refractivity contribution in [1.82, 2.24) is 0 Å². The van der Waals surface area contributed by atoms with Crippen LogP contribution in [0.4, 0.5) is 0 Å². The van der Waals surface area contributed by atoms with E-state index in [2.05, 4.69) is 62.5 Å². The Hall–Kier alpha value is -0.210. The molecule has 2 rings (SSSR count). The molecule has 0 spiro atoms. The van der Waals surface area contributed by atoms with Crippen LogP contribution in [0.15, 0.2) is 48.6 Å². The predicted octanol–water partition coefficient (Wildman–Crippen LogP) is 3.14. The molecule has 16 heavy (non-hydrogen) atoms. The zero-order valence-electron chi connectivity index (χ0n) is 9.81. The molecular weight excluding hydrogens is 363 g/mol. The summed E-state index contributed by atoms with van der Waals surface area (Å²) in [4.78, 5) is 0. The summed E-state index contributed by atoms with van der Waals surface area (Å²) in [6.45, 7) is 4.50. The van der Waals surface area contributed by atoms with Gasteiger partial charge in [-0.3, -0.25) is 0 Å². The van der Waals surface area contributed by atoms with Crippen LogP contribution in [-0.4, -0.2) is 10.5 Å². The summed E-state index contributed by atoms with van der Waals surface area (Å²) in [5.41, 5.74) is 0.0519. The Balaban J connectivity index is 2.30. The van der Waals surface area contributed by atoms with Gasteiger partial charge in [0.1, 0.15) is 0 Å². The average molecular weight is 380 g/mol. The molecular formula is C14H17HfO+3. The summed E-state index contributed by atoms with van der Waals surface area (Å²) < 4.78 is 6.96. The number of hydrogen-bond donors (Lipinski definition) is 0. The molecule has 0 saturated carbocycles. The Morgan fingerprint density at radius 1 is 0.938 bits per heavy atom. The monoisotopic (exact) mass is 381 g/mol. The summed E-state index contributed by atoms with van der Waals surface area (Å²) in [6.07, 6.45) is 17.7. The standard InChI is InChI=1S/C14H17O.Hf/c1-13(8-4-5-9-13)12(15-3)14(2)10-6-7-11-14;/h4-12H,3H2,1-2H3;/q;+3. The first kappa shape index (κ1) is 12.3. The van der Waals surface area contributed by atoms with Gasteiger partial charge in [-0.1, -0.05) is 0 Å². The zero-order valence-corrected chi connectivity index (χ0v) is 13.4. The summed E-state index contributed by atoms with van der Waals surface area (Å²) in [5.74, 6) is 0. The Morgan fingerprint density at radius 3 is 1.62 bits per heavy atom. The summed E-state index contributed by atoms with van der Waals surface area (Å²) in [6, 6.07) is 0. The van der Waals surface area contributed by atoms with Gasteiger partial charge in [0.15, 0.2) is 0 Å². The van der Waals surface area contributed by atoms with Crippen molar-refractivity contribution in [2.24, 2.45) is 10.8 Å². The molecule has 0 radical (unpaired) electrons. The van der Waals surface area contributed by atoms with Crippen LogP contribution >= 0.6 is 0 Å². The molecule has 2 aliphatic carbocycles. The molecule has 80 valence electrons. The number of ether oxygens (including phenoxy) is 1. The molecule has 0 bridgehead atoms. The Labute approximate surface area is 113 Å². The molecule has 0 aliphatic heterocycles. The third kappa shape index (κ3) is 2.10. The fraction of sp³-hybridized carbons (Fsp3) is 0.429. The predicted molar refractivity (Wildman–Crippen MR) is 62.5 cm³/mol. The average Bonchev–Trinajstić information content (AvgIpc) is 2.85. The van der Waals surface area contributed by atoms with Crippen LogP contribution in [0, 0.1) is 10.8 Å². The van der Waals surface area contributed by atoms with Crippen molar-refractivity contribution in [2.45, 2.75) is 20.0 Å². The second-order valence-corrected chi connectivity index (χ2v) is 5.90. The maximum atomic E-state index is 6.07.